The van der Waals surface area contributed by atoms with E-state index in [1.807, 2.05) is 60.7 Å². The minimum Gasteiger partial charge on any atom is -0.424 e. The van der Waals surface area contributed by atoms with Crippen LogP contribution in [0, 0.1) is 6.92 Å². The van der Waals surface area contributed by atoms with E-state index >= 15 is 0 Å². The topological polar surface area (TPSA) is 102 Å². The normalized spacial score (nSPS) is 10.4. The van der Waals surface area contributed by atoms with E-state index < -0.39 is 0 Å². The van der Waals surface area contributed by atoms with Crippen molar-refractivity contribution in [3.63, 3.8) is 0 Å². The smallest absolute Gasteiger partial charge is 0.327 e. The van der Waals surface area contributed by atoms with E-state index in [1.54, 1.807) is 13.1 Å². The van der Waals surface area contributed by atoms with Crippen molar-refractivity contribution in [1.29, 1.82) is 0 Å². The molecule has 30 heavy (non-hydrogen) atoms. The SMILES string of the molecule is Cc1nc(Nc2ncc(CC(=O)Nc3ccccc3)s2)nc(Oc2ccccc2)n1. The van der Waals surface area contributed by atoms with Crippen LogP contribution in [0.1, 0.15) is 10.7 Å². The lowest BCUT2D eigenvalue weighted by molar-refractivity contribution is -0.115. The first-order chi connectivity index (χ1) is 14.6. The maximum atomic E-state index is 12.2. The summed E-state index contributed by atoms with van der Waals surface area (Å²) in [5.41, 5.74) is 0.761. The van der Waals surface area contributed by atoms with Crippen LogP contribution >= 0.6 is 11.3 Å². The van der Waals surface area contributed by atoms with Crippen molar-refractivity contribution < 1.29 is 9.53 Å². The number of rotatable bonds is 7. The molecule has 4 rings (SSSR count). The molecule has 0 saturated heterocycles. The molecule has 0 saturated carbocycles. The maximum Gasteiger partial charge on any atom is 0.327 e. The van der Waals surface area contributed by atoms with E-state index in [4.69, 9.17) is 4.74 Å². The molecule has 2 N–H and O–H groups in total. The number of thiazole rings is 1. The molecule has 8 nitrogen and oxygen atoms in total. The predicted octanol–water partition coefficient (Wildman–Crippen LogP) is 4.35. The van der Waals surface area contributed by atoms with Crippen molar-refractivity contribution in [2.75, 3.05) is 10.6 Å². The molecule has 150 valence electrons. The Labute approximate surface area is 177 Å². The standard InChI is InChI=1S/C21H18N6O2S/c1-14-23-19(26-20(24-14)29-16-10-6-3-7-11-16)27-21-22-13-17(30-21)12-18(28)25-15-8-4-2-5-9-15/h2-11,13H,12H2,1H3,(H,25,28)(H,22,23,24,26,27). The minimum absolute atomic E-state index is 0.106. The number of para-hydroxylation sites is 2. The number of benzene rings is 2. The van der Waals surface area contributed by atoms with Crippen LogP contribution in [0.15, 0.2) is 66.9 Å². The van der Waals surface area contributed by atoms with Crippen LogP contribution in [0.25, 0.3) is 0 Å². The van der Waals surface area contributed by atoms with Gasteiger partial charge in [-0.2, -0.15) is 15.0 Å². The Hall–Kier alpha value is -3.85. The van der Waals surface area contributed by atoms with Gasteiger partial charge in [0.1, 0.15) is 11.6 Å². The molecule has 0 bridgehead atoms. The van der Waals surface area contributed by atoms with Gasteiger partial charge in [0.25, 0.3) is 0 Å². The fourth-order valence-electron chi connectivity index (χ4n) is 2.58. The van der Waals surface area contributed by atoms with Crippen LogP contribution in [0.3, 0.4) is 0 Å². The number of hydrogen-bond acceptors (Lipinski definition) is 8. The van der Waals surface area contributed by atoms with Crippen LogP contribution < -0.4 is 15.4 Å². The molecule has 0 radical (unpaired) electrons. The first kappa shape index (κ1) is 19.5. The quantitative estimate of drug-likeness (QED) is 0.460. The summed E-state index contributed by atoms with van der Waals surface area (Å²) in [5.74, 6) is 1.36. The molecule has 2 heterocycles. The molecule has 0 atom stereocenters. The number of amides is 1. The van der Waals surface area contributed by atoms with E-state index in [2.05, 4.69) is 30.6 Å². The molecule has 0 fully saturated rings. The summed E-state index contributed by atoms with van der Waals surface area (Å²) in [6, 6.07) is 18.8. The van der Waals surface area contributed by atoms with E-state index in [9.17, 15) is 4.79 Å². The Balaban J connectivity index is 1.40. The lowest BCUT2D eigenvalue weighted by Crippen LogP contribution is -2.13. The van der Waals surface area contributed by atoms with Crippen LogP contribution in [-0.4, -0.2) is 25.8 Å². The number of carbonyl (C=O) groups is 1. The van der Waals surface area contributed by atoms with Crippen molar-refractivity contribution in [3.8, 4) is 11.8 Å². The second kappa shape index (κ2) is 9.10. The molecule has 0 aliphatic carbocycles. The van der Waals surface area contributed by atoms with Crippen molar-refractivity contribution in [2.24, 2.45) is 0 Å². The number of ether oxygens (including phenoxy) is 1. The van der Waals surface area contributed by atoms with E-state index in [1.165, 1.54) is 11.3 Å². The Kier molecular flexibility index (Phi) is 5.90. The molecule has 0 spiro atoms. The fraction of sp³-hybridized carbons (Fsp3) is 0.0952. The third-order valence-electron chi connectivity index (χ3n) is 3.84. The molecule has 1 amide bonds. The number of aryl methyl sites for hydroxylation is 1. The van der Waals surface area contributed by atoms with Gasteiger partial charge in [0.2, 0.25) is 11.9 Å². The lowest BCUT2D eigenvalue weighted by Gasteiger charge is -2.06. The van der Waals surface area contributed by atoms with Gasteiger partial charge in [-0.25, -0.2) is 4.98 Å². The third-order valence-corrected chi connectivity index (χ3v) is 4.76. The monoisotopic (exact) mass is 418 g/mol. The Morgan fingerprint density at radius 2 is 1.73 bits per heavy atom. The Morgan fingerprint density at radius 1 is 1.00 bits per heavy atom. The largest absolute Gasteiger partial charge is 0.424 e. The second-order valence-electron chi connectivity index (χ2n) is 6.25. The number of nitrogens with one attached hydrogen (secondary N) is 2. The van der Waals surface area contributed by atoms with Crippen LogP contribution in [0.2, 0.25) is 0 Å². The van der Waals surface area contributed by atoms with Gasteiger partial charge in [-0.3, -0.25) is 10.1 Å². The number of anilines is 3. The zero-order chi connectivity index (χ0) is 20.8. The molecule has 2 aromatic heterocycles. The Bertz CT molecular complexity index is 1130. The number of nitrogens with zero attached hydrogens (tertiary/aromatic N) is 4. The number of carbonyl (C=O) groups excluding carboxylic acids is 1. The first-order valence-corrected chi connectivity index (χ1v) is 9.98. The van der Waals surface area contributed by atoms with E-state index in [0.29, 0.717) is 22.7 Å². The summed E-state index contributed by atoms with van der Waals surface area (Å²) >= 11 is 1.36. The minimum atomic E-state index is -0.106. The van der Waals surface area contributed by atoms with Crippen molar-refractivity contribution in [1.82, 2.24) is 19.9 Å². The van der Waals surface area contributed by atoms with Crippen LogP contribution in [-0.2, 0) is 11.2 Å². The highest BCUT2D eigenvalue weighted by molar-refractivity contribution is 7.15. The zero-order valence-electron chi connectivity index (χ0n) is 16.1. The van der Waals surface area contributed by atoms with Gasteiger partial charge < -0.3 is 10.1 Å². The molecule has 4 aromatic rings. The molecular weight excluding hydrogens is 400 g/mol. The van der Waals surface area contributed by atoms with Gasteiger partial charge >= 0.3 is 6.01 Å². The highest BCUT2D eigenvalue weighted by Gasteiger charge is 2.11. The summed E-state index contributed by atoms with van der Waals surface area (Å²) in [5, 5.41) is 6.48. The van der Waals surface area contributed by atoms with Crippen LogP contribution in [0.5, 0.6) is 11.8 Å². The third kappa shape index (κ3) is 5.36. The average Bonchev–Trinajstić information content (AvgIpc) is 3.15. The highest BCUT2D eigenvalue weighted by atomic mass is 32.1. The maximum absolute atomic E-state index is 12.2. The summed E-state index contributed by atoms with van der Waals surface area (Å²) < 4.78 is 5.68. The molecule has 9 heteroatoms. The molecular formula is C21H18N6O2S. The van der Waals surface area contributed by atoms with Gasteiger partial charge in [-0.1, -0.05) is 36.4 Å². The van der Waals surface area contributed by atoms with Crippen LogP contribution in [0.4, 0.5) is 16.8 Å². The second-order valence-corrected chi connectivity index (χ2v) is 7.37. The van der Waals surface area contributed by atoms with Crippen molar-refractivity contribution >= 4 is 34.0 Å². The van der Waals surface area contributed by atoms with Crippen molar-refractivity contribution in [2.45, 2.75) is 13.3 Å². The van der Waals surface area contributed by atoms with Crippen molar-refractivity contribution in [3.05, 3.63) is 77.6 Å². The van der Waals surface area contributed by atoms with Gasteiger partial charge in [0, 0.05) is 16.8 Å². The lowest BCUT2D eigenvalue weighted by atomic mass is 10.3. The van der Waals surface area contributed by atoms with Gasteiger partial charge in [0.05, 0.1) is 6.42 Å². The Morgan fingerprint density at radius 3 is 2.50 bits per heavy atom. The fourth-order valence-corrected chi connectivity index (χ4v) is 3.39. The average molecular weight is 418 g/mol. The summed E-state index contributed by atoms with van der Waals surface area (Å²) in [7, 11) is 0. The molecule has 0 unspecified atom stereocenters. The van der Waals surface area contributed by atoms with Gasteiger partial charge in [-0.05, 0) is 31.2 Å². The summed E-state index contributed by atoms with van der Waals surface area (Å²) in [6.07, 6.45) is 1.89. The highest BCUT2D eigenvalue weighted by Crippen LogP contribution is 2.23. The van der Waals surface area contributed by atoms with Gasteiger partial charge in [0.15, 0.2) is 5.13 Å². The summed E-state index contributed by atoms with van der Waals surface area (Å²) in [4.78, 5) is 30.1. The predicted molar refractivity (Wildman–Crippen MR) is 115 cm³/mol. The molecule has 0 aliphatic rings. The van der Waals surface area contributed by atoms with Gasteiger partial charge in [-0.15, -0.1) is 11.3 Å². The zero-order valence-corrected chi connectivity index (χ0v) is 16.9. The first-order valence-electron chi connectivity index (χ1n) is 9.16. The van der Waals surface area contributed by atoms with E-state index in [0.717, 1.165) is 10.6 Å². The molecule has 0 aliphatic heterocycles. The molecule has 2 aromatic carbocycles. The summed E-state index contributed by atoms with van der Waals surface area (Å²) in [6.45, 7) is 1.76. The number of aromatic nitrogens is 4. The van der Waals surface area contributed by atoms with E-state index in [-0.39, 0.29) is 18.3 Å². The number of hydrogen-bond donors (Lipinski definition) is 2.